The van der Waals surface area contributed by atoms with Crippen LogP contribution < -0.4 is 4.90 Å². The zero-order chi connectivity index (χ0) is 17.0. The maximum absolute atomic E-state index is 12.7. The summed E-state index contributed by atoms with van der Waals surface area (Å²) in [6, 6.07) is 4.70. The Labute approximate surface area is 143 Å². The van der Waals surface area contributed by atoms with Crippen molar-refractivity contribution in [2.24, 2.45) is 5.92 Å². The van der Waals surface area contributed by atoms with Gasteiger partial charge in [-0.3, -0.25) is 4.79 Å². The lowest BCUT2D eigenvalue weighted by Gasteiger charge is -2.32. The summed E-state index contributed by atoms with van der Waals surface area (Å²) in [4.78, 5) is 37.2. The van der Waals surface area contributed by atoms with E-state index in [1.165, 1.54) is 15.9 Å². The van der Waals surface area contributed by atoms with E-state index < -0.39 is 6.09 Å². The molecule has 1 fully saturated rings. The minimum Gasteiger partial charge on any atom is -0.465 e. The Morgan fingerprint density at radius 3 is 2.48 bits per heavy atom. The van der Waals surface area contributed by atoms with Gasteiger partial charge in [0.15, 0.2) is 0 Å². The highest BCUT2D eigenvalue weighted by molar-refractivity contribution is 6.36. The topological polar surface area (TPSA) is 77.9 Å². The Balaban J connectivity index is 2.16. The molecule has 1 aliphatic rings. The van der Waals surface area contributed by atoms with E-state index in [1.807, 2.05) is 0 Å². The fourth-order valence-corrected chi connectivity index (χ4v) is 3.13. The molecule has 1 aromatic rings. The van der Waals surface area contributed by atoms with Crippen LogP contribution in [-0.2, 0) is 9.59 Å². The van der Waals surface area contributed by atoms with Crippen molar-refractivity contribution in [1.29, 1.82) is 0 Å². The van der Waals surface area contributed by atoms with Gasteiger partial charge in [0.05, 0.1) is 17.3 Å². The van der Waals surface area contributed by atoms with Crippen LogP contribution in [0.4, 0.5) is 10.5 Å². The molecule has 2 rings (SSSR count). The largest absolute Gasteiger partial charge is 0.465 e. The standard InChI is InChI=1S/C15H16Cl2N2O4/c16-11-1-2-13(12(17)9-11)19(7-8-20)14(21)10-3-5-18(6-4-10)15(22)23/h1-2,8-10H,3-7H2,(H,22,23). The number of halogens is 2. The second-order valence-corrected chi connectivity index (χ2v) is 6.10. The Morgan fingerprint density at radius 2 is 1.96 bits per heavy atom. The molecule has 124 valence electrons. The van der Waals surface area contributed by atoms with Crippen molar-refractivity contribution in [3.63, 3.8) is 0 Å². The van der Waals surface area contributed by atoms with Gasteiger partial charge in [0.25, 0.3) is 0 Å². The summed E-state index contributed by atoms with van der Waals surface area (Å²) in [6.45, 7) is 0.489. The van der Waals surface area contributed by atoms with Crippen LogP contribution in [-0.4, -0.2) is 47.9 Å². The van der Waals surface area contributed by atoms with Crippen molar-refractivity contribution < 1.29 is 19.5 Å². The first-order chi connectivity index (χ1) is 10.9. The smallest absolute Gasteiger partial charge is 0.407 e. The van der Waals surface area contributed by atoms with Gasteiger partial charge in [-0.05, 0) is 31.0 Å². The molecule has 1 N–H and O–H groups in total. The first-order valence-corrected chi connectivity index (χ1v) is 7.87. The molecule has 23 heavy (non-hydrogen) atoms. The molecule has 0 aliphatic carbocycles. The van der Waals surface area contributed by atoms with E-state index in [0.29, 0.717) is 42.9 Å². The zero-order valence-corrected chi connectivity index (χ0v) is 13.8. The van der Waals surface area contributed by atoms with Gasteiger partial charge in [-0.1, -0.05) is 23.2 Å². The molecule has 2 amide bonds. The fraction of sp³-hybridized carbons (Fsp3) is 0.400. The van der Waals surface area contributed by atoms with E-state index in [4.69, 9.17) is 28.3 Å². The molecule has 0 aromatic heterocycles. The molecule has 1 saturated heterocycles. The molecular weight excluding hydrogens is 343 g/mol. The summed E-state index contributed by atoms with van der Waals surface area (Å²) < 4.78 is 0. The number of carboxylic acid groups (broad SMARTS) is 1. The van der Waals surface area contributed by atoms with Gasteiger partial charge in [0.1, 0.15) is 6.29 Å². The number of hydrogen-bond donors (Lipinski definition) is 1. The van der Waals surface area contributed by atoms with Gasteiger partial charge in [-0.2, -0.15) is 0 Å². The van der Waals surface area contributed by atoms with Crippen LogP contribution in [0.25, 0.3) is 0 Å². The fourth-order valence-electron chi connectivity index (χ4n) is 2.62. The van der Waals surface area contributed by atoms with E-state index in [1.54, 1.807) is 12.1 Å². The monoisotopic (exact) mass is 358 g/mol. The molecule has 0 unspecified atom stereocenters. The lowest BCUT2D eigenvalue weighted by atomic mass is 9.95. The highest BCUT2D eigenvalue weighted by atomic mass is 35.5. The first kappa shape index (κ1) is 17.6. The number of carbonyl (C=O) groups is 3. The lowest BCUT2D eigenvalue weighted by Crippen LogP contribution is -2.44. The number of carbonyl (C=O) groups excluding carboxylic acids is 2. The number of nitrogens with zero attached hydrogens (tertiary/aromatic N) is 2. The average molecular weight is 359 g/mol. The summed E-state index contributed by atoms with van der Waals surface area (Å²) in [7, 11) is 0. The molecule has 1 aromatic carbocycles. The number of hydrogen-bond acceptors (Lipinski definition) is 3. The van der Waals surface area contributed by atoms with E-state index in [-0.39, 0.29) is 23.4 Å². The third-order valence-corrected chi connectivity index (χ3v) is 4.38. The zero-order valence-electron chi connectivity index (χ0n) is 12.2. The Kier molecular flexibility index (Phi) is 5.85. The number of aldehydes is 1. The van der Waals surface area contributed by atoms with Crippen LogP contribution in [0.1, 0.15) is 12.8 Å². The summed E-state index contributed by atoms with van der Waals surface area (Å²) in [5, 5.41) is 9.68. The molecule has 0 bridgehead atoms. The predicted molar refractivity (Wildman–Crippen MR) is 87.2 cm³/mol. The minimum atomic E-state index is -0.985. The third kappa shape index (κ3) is 4.14. The van der Waals surface area contributed by atoms with Gasteiger partial charge in [0.2, 0.25) is 5.91 Å². The molecule has 1 heterocycles. The maximum Gasteiger partial charge on any atom is 0.407 e. The number of rotatable bonds is 4. The Hall–Kier alpha value is -1.79. The summed E-state index contributed by atoms with van der Waals surface area (Å²) >= 11 is 12.0. The van der Waals surface area contributed by atoms with Gasteiger partial charge >= 0.3 is 6.09 Å². The number of piperidine rings is 1. The van der Waals surface area contributed by atoms with E-state index in [2.05, 4.69) is 0 Å². The van der Waals surface area contributed by atoms with Gasteiger partial charge in [0, 0.05) is 24.0 Å². The molecule has 0 saturated carbocycles. The van der Waals surface area contributed by atoms with Crippen LogP contribution in [0.5, 0.6) is 0 Å². The van der Waals surface area contributed by atoms with E-state index in [0.717, 1.165) is 0 Å². The number of amides is 2. The van der Waals surface area contributed by atoms with Crippen LogP contribution in [0, 0.1) is 5.92 Å². The van der Waals surface area contributed by atoms with Crippen LogP contribution in [0.2, 0.25) is 10.0 Å². The molecule has 8 heteroatoms. The van der Waals surface area contributed by atoms with Gasteiger partial charge in [-0.25, -0.2) is 4.79 Å². The van der Waals surface area contributed by atoms with Crippen LogP contribution >= 0.6 is 23.2 Å². The minimum absolute atomic E-state index is 0.112. The molecule has 0 spiro atoms. The third-order valence-electron chi connectivity index (χ3n) is 3.84. The van der Waals surface area contributed by atoms with Crippen molar-refractivity contribution in [2.75, 3.05) is 24.5 Å². The quantitative estimate of drug-likeness (QED) is 0.839. The summed E-state index contributed by atoms with van der Waals surface area (Å²) in [5.41, 5.74) is 0.425. The normalized spacial score (nSPS) is 15.3. The SMILES string of the molecule is O=CCN(C(=O)C1CCN(C(=O)O)CC1)c1ccc(Cl)cc1Cl. The van der Waals surface area contributed by atoms with Crippen molar-refractivity contribution in [3.8, 4) is 0 Å². The van der Waals surface area contributed by atoms with Crippen molar-refractivity contribution in [2.45, 2.75) is 12.8 Å². The van der Waals surface area contributed by atoms with E-state index in [9.17, 15) is 14.4 Å². The molecule has 0 radical (unpaired) electrons. The summed E-state index contributed by atoms with van der Waals surface area (Å²) in [6.07, 6.45) is 0.494. The van der Waals surface area contributed by atoms with E-state index >= 15 is 0 Å². The molecule has 0 atom stereocenters. The number of likely N-dealkylation sites (tertiary alicyclic amines) is 1. The first-order valence-electron chi connectivity index (χ1n) is 7.12. The van der Waals surface area contributed by atoms with Crippen LogP contribution in [0.3, 0.4) is 0 Å². The average Bonchev–Trinajstić information content (AvgIpc) is 2.53. The second kappa shape index (κ2) is 7.66. The van der Waals surface area contributed by atoms with Crippen LogP contribution in [0.15, 0.2) is 18.2 Å². The maximum atomic E-state index is 12.7. The molecule has 6 nitrogen and oxygen atoms in total. The summed E-state index contributed by atoms with van der Waals surface area (Å²) in [5.74, 6) is -0.566. The highest BCUT2D eigenvalue weighted by Crippen LogP contribution is 2.31. The lowest BCUT2D eigenvalue weighted by molar-refractivity contribution is -0.124. The van der Waals surface area contributed by atoms with Crippen molar-refractivity contribution in [1.82, 2.24) is 4.90 Å². The number of benzene rings is 1. The molecular formula is C15H16Cl2N2O4. The van der Waals surface area contributed by atoms with Gasteiger partial charge in [-0.15, -0.1) is 0 Å². The van der Waals surface area contributed by atoms with Gasteiger partial charge < -0.3 is 19.7 Å². The number of anilines is 1. The Bertz CT molecular complexity index is 615. The Morgan fingerprint density at radius 1 is 1.30 bits per heavy atom. The predicted octanol–water partition coefficient (Wildman–Crippen LogP) is 2.92. The van der Waals surface area contributed by atoms with Crippen molar-refractivity contribution in [3.05, 3.63) is 28.2 Å². The molecule has 1 aliphatic heterocycles. The van der Waals surface area contributed by atoms with Crippen molar-refractivity contribution >= 4 is 47.2 Å². The second-order valence-electron chi connectivity index (χ2n) is 5.26. The highest BCUT2D eigenvalue weighted by Gasteiger charge is 2.31.